The van der Waals surface area contributed by atoms with Crippen LogP contribution >= 0.6 is 0 Å². The minimum absolute atomic E-state index is 0.0732. The van der Waals surface area contributed by atoms with E-state index in [4.69, 9.17) is 9.15 Å². The molecular formula is C17H17NO3. The molecule has 2 heterocycles. The molecule has 1 aliphatic heterocycles. The van der Waals surface area contributed by atoms with Crippen molar-refractivity contribution in [3.8, 4) is 0 Å². The van der Waals surface area contributed by atoms with Crippen LogP contribution in [0, 0.1) is 0 Å². The highest BCUT2D eigenvalue weighted by atomic mass is 16.5. The molecule has 0 fully saturated rings. The van der Waals surface area contributed by atoms with Gasteiger partial charge < -0.3 is 14.5 Å². The number of ether oxygens (including phenoxy) is 1. The van der Waals surface area contributed by atoms with Crippen molar-refractivity contribution >= 4 is 12.0 Å². The first kappa shape index (κ1) is 13.6. The standard InChI is InChI=1S/C17H17NO3/c19-17(8-7-14-5-3-10-20-14)18-12-16-15-6-2-1-4-13(15)9-11-21-16/h1-8,10,16H,9,11-12H2,(H,18,19)/b8-7+/t16-/m1/s1. The molecule has 1 N–H and O–H groups in total. The minimum Gasteiger partial charge on any atom is -0.465 e. The summed E-state index contributed by atoms with van der Waals surface area (Å²) in [5.74, 6) is 0.502. The van der Waals surface area contributed by atoms with Crippen molar-refractivity contribution in [2.45, 2.75) is 12.5 Å². The Kier molecular flexibility index (Phi) is 4.17. The molecule has 0 bridgehead atoms. The third kappa shape index (κ3) is 3.41. The summed E-state index contributed by atoms with van der Waals surface area (Å²) in [6.07, 6.45) is 5.54. The molecule has 1 amide bonds. The number of hydrogen-bond acceptors (Lipinski definition) is 3. The van der Waals surface area contributed by atoms with Crippen LogP contribution in [-0.4, -0.2) is 19.1 Å². The topological polar surface area (TPSA) is 51.5 Å². The zero-order valence-electron chi connectivity index (χ0n) is 11.6. The van der Waals surface area contributed by atoms with E-state index in [2.05, 4.69) is 17.4 Å². The Hall–Kier alpha value is -2.33. The molecule has 1 aliphatic rings. The lowest BCUT2D eigenvalue weighted by molar-refractivity contribution is -0.117. The Morgan fingerprint density at radius 1 is 1.29 bits per heavy atom. The Morgan fingerprint density at radius 3 is 3.05 bits per heavy atom. The van der Waals surface area contributed by atoms with Crippen LogP contribution in [0.1, 0.15) is 23.0 Å². The lowest BCUT2D eigenvalue weighted by atomic mass is 9.97. The Bertz CT molecular complexity index is 631. The monoisotopic (exact) mass is 283 g/mol. The summed E-state index contributed by atoms with van der Waals surface area (Å²) < 4.78 is 10.9. The van der Waals surface area contributed by atoms with Gasteiger partial charge in [-0.05, 0) is 35.8 Å². The molecule has 0 spiro atoms. The van der Waals surface area contributed by atoms with Gasteiger partial charge in [-0.25, -0.2) is 0 Å². The maximum absolute atomic E-state index is 11.8. The molecule has 1 aromatic heterocycles. The van der Waals surface area contributed by atoms with Gasteiger partial charge in [0.2, 0.25) is 5.91 Å². The molecular weight excluding hydrogens is 266 g/mol. The fraction of sp³-hybridized carbons (Fsp3) is 0.235. The second kappa shape index (κ2) is 6.41. The molecule has 2 aromatic rings. The first-order valence-electron chi connectivity index (χ1n) is 7.02. The molecule has 0 unspecified atom stereocenters. The molecule has 4 nitrogen and oxygen atoms in total. The summed E-state index contributed by atoms with van der Waals surface area (Å²) in [5.41, 5.74) is 2.47. The highest BCUT2D eigenvalue weighted by Gasteiger charge is 2.20. The van der Waals surface area contributed by atoms with Gasteiger partial charge in [0.15, 0.2) is 0 Å². The van der Waals surface area contributed by atoms with E-state index < -0.39 is 0 Å². The largest absolute Gasteiger partial charge is 0.465 e. The summed E-state index contributed by atoms with van der Waals surface area (Å²) in [6.45, 7) is 1.16. The summed E-state index contributed by atoms with van der Waals surface area (Å²) in [7, 11) is 0. The number of benzene rings is 1. The van der Waals surface area contributed by atoms with Crippen LogP contribution in [0.15, 0.2) is 53.2 Å². The van der Waals surface area contributed by atoms with Gasteiger partial charge >= 0.3 is 0 Å². The SMILES string of the molecule is O=C(/C=C/c1ccco1)NC[C@H]1OCCc2ccccc21. The van der Waals surface area contributed by atoms with Crippen LogP contribution in [0.25, 0.3) is 6.08 Å². The molecule has 0 saturated heterocycles. The van der Waals surface area contributed by atoms with Crippen molar-refractivity contribution in [3.05, 3.63) is 65.6 Å². The van der Waals surface area contributed by atoms with Crippen molar-refractivity contribution in [3.63, 3.8) is 0 Å². The third-order valence-corrected chi connectivity index (χ3v) is 3.50. The quantitative estimate of drug-likeness (QED) is 0.878. The van der Waals surface area contributed by atoms with Crippen molar-refractivity contribution in [1.29, 1.82) is 0 Å². The Labute approximate surface area is 123 Å². The number of amides is 1. The number of carbonyl (C=O) groups is 1. The van der Waals surface area contributed by atoms with Gasteiger partial charge in [-0.15, -0.1) is 0 Å². The van der Waals surface area contributed by atoms with E-state index in [1.165, 1.54) is 17.2 Å². The van der Waals surface area contributed by atoms with Crippen LogP contribution in [0.3, 0.4) is 0 Å². The molecule has 21 heavy (non-hydrogen) atoms. The third-order valence-electron chi connectivity index (χ3n) is 3.50. The van der Waals surface area contributed by atoms with Crippen molar-refractivity contribution < 1.29 is 13.9 Å². The van der Waals surface area contributed by atoms with Crippen LogP contribution < -0.4 is 5.32 Å². The summed E-state index contributed by atoms with van der Waals surface area (Å²) in [6, 6.07) is 11.8. The molecule has 3 rings (SSSR count). The summed E-state index contributed by atoms with van der Waals surface area (Å²) >= 11 is 0. The molecule has 1 aromatic carbocycles. The van der Waals surface area contributed by atoms with Crippen molar-refractivity contribution in [2.75, 3.05) is 13.2 Å². The van der Waals surface area contributed by atoms with Crippen LogP contribution in [-0.2, 0) is 16.0 Å². The maximum atomic E-state index is 11.8. The number of nitrogens with one attached hydrogen (secondary N) is 1. The molecule has 0 radical (unpaired) electrons. The average Bonchev–Trinajstić information content (AvgIpc) is 3.04. The normalized spacial score (nSPS) is 17.6. The first-order valence-corrected chi connectivity index (χ1v) is 7.02. The van der Waals surface area contributed by atoms with Crippen LogP contribution in [0.5, 0.6) is 0 Å². The lowest BCUT2D eigenvalue weighted by Crippen LogP contribution is -2.30. The molecule has 0 aliphatic carbocycles. The molecule has 0 saturated carbocycles. The van der Waals surface area contributed by atoms with E-state index in [1.54, 1.807) is 24.5 Å². The number of furan rings is 1. The van der Waals surface area contributed by atoms with E-state index >= 15 is 0 Å². The number of rotatable bonds is 4. The number of carbonyl (C=O) groups excluding carboxylic acids is 1. The lowest BCUT2D eigenvalue weighted by Gasteiger charge is -2.26. The van der Waals surface area contributed by atoms with Gasteiger partial charge in [-0.3, -0.25) is 4.79 Å². The molecule has 4 heteroatoms. The minimum atomic E-state index is -0.155. The van der Waals surface area contributed by atoms with Gasteiger partial charge in [-0.2, -0.15) is 0 Å². The van der Waals surface area contributed by atoms with E-state index in [9.17, 15) is 4.79 Å². The van der Waals surface area contributed by atoms with Crippen LogP contribution in [0.2, 0.25) is 0 Å². The van der Waals surface area contributed by atoms with E-state index in [-0.39, 0.29) is 12.0 Å². The highest BCUT2D eigenvalue weighted by molar-refractivity contribution is 5.91. The molecule has 1 atom stereocenters. The van der Waals surface area contributed by atoms with Gasteiger partial charge in [0, 0.05) is 12.6 Å². The fourth-order valence-electron chi connectivity index (χ4n) is 2.44. The highest BCUT2D eigenvalue weighted by Crippen LogP contribution is 2.26. The second-order valence-corrected chi connectivity index (χ2v) is 4.90. The Morgan fingerprint density at radius 2 is 2.19 bits per heavy atom. The number of hydrogen-bond donors (Lipinski definition) is 1. The first-order chi connectivity index (χ1) is 10.3. The van der Waals surface area contributed by atoms with E-state index in [0.717, 1.165) is 6.42 Å². The van der Waals surface area contributed by atoms with Gasteiger partial charge in [-0.1, -0.05) is 24.3 Å². The predicted octanol–water partition coefficient (Wildman–Crippen LogP) is 2.72. The van der Waals surface area contributed by atoms with E-state index in [1.807, 2.05) is 12.1 Å². The summed E-state index contributed by atoms with van der Waals surface area (Å²) in [4.78, 5) is 11.8. The van der Waals surface area contributed by atoms with E-state index in [0.29, 0.717) is 18.9 Å². The predicted molar refractivity (Wildman–Crippen MR) is 79.6 cm³/mol. The maximum Gasteiger partial charge on any atom is 0.244 e. The average molecular weight is 283 g/mol. The second-order valence-electron chi connectivity index (χ2n) is 4.90. The van der Waals surface area contributed by atoms with Crippen LogP contribution in [0.4, 0.5) is 0 Å². The zero-order valence-corrected chi connectivity index (χ0v) is 11.6. The zero-order chi connectivity index (χ0) is 14.5. The fourth-order valence-corrected chi connectivity index (χ4v) is 2.44. The van der Waals surface area contributed by atoms with Crippen molar-refractivity contribution in [1.82, 2.24) is 5.32 Å². The molecule has 108 valence electrons. The summed E-state index contributed by atoms with van der Waals surface area (Å²) in [5, 5.41) is 2.86. The smallest absolute Gasteiger partial charge is 0.244 e. The van der Waals surface area contributed by atoms with Gasteiger partial charge in [0.1, 0.15) is 11.9 Å². The van der Waals surface area contributed by atoms with Gasteiger partial charge in [0.25, 0.3) is 0 Å². The Balaban J connectivity index is 1.57. The van der Waals surface area contributed by atoms with Gasteiger partial charge in [0.05, 0.1) is 12.9 Å². The van der Waals surface area contributed by atoms with Crippen molar-refractivity contribution in [2.24, 2.45) is 0 Å². The number of fused-ring (bicyclic) bond motifs is 1.